The molecule has 27 heavy (non-hydrogen) atoms. The summed E-state index contributed by atoms with van der Waals surface area (Å²) in [6, 6.07) is 9.62. The lowest BCUT2D eigenvalue weighted by molar-refractivity contribution is -0.115. The second kappa shape index (κ2) is 7.83. The molecule has 1 saturated carbocycles. The predicted molar refractivity (Wildman–Crippen MR) is 112 cm³/mol. The van der Waals surface area contributed by atoms with E-state index in [0.29, 0.717) is 21.8 Å². The van der Waals surface area contributed by atoms with E-state index < -0.39 is 0 Å². The fourth-order valence-corrected chi connectivity index (χ4v) is 4.61. The van der Waals surface area contributed by atoms with Crippen molar-refractivity contribution in [2.45, 2.75) is 36.2 Å². The number of rotatable bonds is 6. The van der Waals surface area contributed by atoms with Crippen molar-refractivity contribution in [3.63, 3.8) is 0 Å². The number of benzene rings is 1. The molecule has 9 heteroatoms. The minimum absolute atomic E-state index is 0.160. The van der Waals surface area contributed by atoms with E-state index in [1.165, 1.54) is 11.8 Å². The van der Waals surface area contributed by atoms with E-state index in [4.69, 9.17) is 23.2 Å². The topological polar surface area (TPSA) is 59.8 Å². The Bertz CT molecular complexity index is 970. The van der Waals surface area contributed by atoms with Gasteiger partial charge >= 0.3 is 0 Å². The minimum Gasteiger partial charge on any atom is -0.324 e. The maximum Gasteiger partial charge on any atom is 0.237 e. The summed E-state index contributed by atoms with van der Waals surface area (Å²) >= 11 is 15.2. The van der Waals surface area contributed by atoms with Gasteiger partial charge in [0.05, 0.1) is 25.9 Å². The zero-order valence-corrected chi connectivity index (χ0v) is 17.5. The van der Waals surface area contributed by atoms with Crippen molar-refractivity contribution in [1.82, 2.24) is 14.8 Å². The molecule has 5 nitrogen and oxygen atoms in total. The van der Waals surface area contributed by atoms with Crippen LogP contribution in [0.25, 0.3) is 10.7 Å². The highest BCUT2D eigenvalue weighted by molar-refractivity contribution is 8.00. The number of amides is 1. The molecule has 1 amide bonds. The third-order valence-corrected chi connectivity index (χ3v) is 6.92. The second-order valence-electron chi connectivity index (χ2n) is 6.24. The molecule has 4 rings (SSSR count). The molecule has 1 aliphatic carbocycles. The normalized spacial score (nSPS) is 14.9. The van der Waals surface area contributed by atoms with E-state index in [1.54, 1.807) is 29.5 Å². The summed E-state index contributed by atoms with van der Waals surface area (Å²) in [6.45, 7) is 1.84. The molecule has 3 aromatic rings. The highest BCUT2D eigenvalue weighted by Gasteiger charge is 2.31. The Balaban J connectivity index is 1.52. The van der Waals surface area contributed by atoms with Crippen molar-refractivity contribution in [3.8, 4) is 10.7 Å². The van der Waals surface area contributed by atoms with Crippen molar-refractivity contribution in [2.75, 3.05) is 5.32 Å². The molecular weight excluding hydrogens is 423 g/mol. The molecule has 0 saturated heterocycles. The van der Waals surface area contributed by atoms with E-state index in [2.05, 4.69) is 20.1 Å². The predicted octanol–water partition coefficient (Wildman–Crippen LogP) is 5.77. The summed E-state index contributed by atoms with van der Waals surface area (Å²) in [5, 5.41) is 14.7. The first-order chi connectivity index (χ1) is 13.0. The molecule has 1 atom stereocenters. The number of nitrogens with zero attached hydrogens (tertiary/aromatic N) is 3. The van der Waals surface area contributed by atoms with Crippen LogP contribution in [0.2, 0.25) is 10.0 Å². The van der Waals surface area contributed by atoms with Crippen molar-refractivity contribution in [1.29, 1.82) is 0 Å². The van der Waals surface area contributed by atoms with Gasteiger partial charge in [-0.2, -0.15) is 0 Å². The average molecular weight is 439 g/mol. The van der Waals surface area contributed by atoms with E-state index in [9.17, 15) is 4.79 Å². The van der Waals surface area contributed by atoms with Crippen molar-refractivity contribution in [3.05, 3.63) is 45.8 Å². The number of nitrogens with one attached hydrogen (secondary N) is 1. The summed E-state index contributed by atoms with van der Waals surface area (Å²) < 4.78 is 2.16. The van der Waals surface area contributed by atoms with Crippen LogP contribution in [-0.2, 0) is 4.79 Å². The molecule has 1 fully saturated rings. The van der Waals surface area contributed by atoms with Gasteiger partial charge < -0.3 is 5.32 Å². The van der Waals surface area contributed by atoms with Crippen LogP contribution in [-0.4, -0.2) is 25.9 Å². The van der Waals surface area contributed by atoms with Crippen LogP contribution in [0.15, 0.2) is 40.9 Å². The first-order valence-corrected chi connectivity index (χ1v) is 11.0. The minimum atomic E-state index is -0.363. The van der Waals surface area contributed by atoms with Crippen molar-refractivity contribution >= 4 is 57.9 Å². The number of aromatic nitrogens is 3. The summed E-state index contributed by atoms with van der Waals surface area (Å²) in [5.74, 6) is 0.715. The Kier molecular flexibility index (Phi) is 5.45. The third-order valence-electron chi connectivity index (χ3n) is 4.18. The number of halogens is 2. The van der Waals surface area contributed by atoms with Gasteiger partial charge in [-0.05, 0) is 43.3 Å². The lowest BCUT2D eigenvalue weighted by Gasteiger charge is -2.14. The van der Waals surface area contributed by atoms with Gasteiger partial charge in [0.2, 0.25) is 5.91 Å². The van der Waals surface area contributed by atoms with Crippen LogP contribution in [0, 0.1) is 0 Å². The van der Waals surface area contributed by atoms with Gasteiger partial charge in [0, 0.05) is 6.04 Å². The lowest BCUT2D eigenvalue weighted by Crippen LogP contribution is -2.23. The molecular formula is C18H16Cl2N4OS2. The molecule has 140 valence electrons. The third kappa shape index (κ3) is 4.01. The van der Waals surface area contributed by atoms with Crippen LogP contribution in [0.5, 0.6) is 0 Å². The Morgan fingerprint density at radius 1 is 1.30 bits per heavy atom. The zero-order chi connectivity index (χ0) is 19.0. The SMILES string of the molecule is C[C@H](Sc1nnc(-c2cccs2)n1C1CC1)C(=O)Nc1cccc(Cl)c1Cl. The molecule has 2 heterocycles. The number of carbonyl (C=O) groups excluding carboxylic acids is 1. The van der Waals surface area contributed by atoms with Crippen molar-refractivity contribution < 1.29 is 4.79 Å². The van der Waals surface area contributed by atoms with Gasteiger partial charge in [0.15, 0.2) is 11.0 Å². The number of anilines is 1. The maximum atomic E-state index is 12.6. The van der Waals surface area contributed by atoms with Crippen LogP contribution >= 0.6 is 46.3 Å². The van der Waals surface area contributed by atoms with Gasteiger partial charge in [-0.15, -0.1) is 21.5 Å². The standard InChI is InChI=1S/C18H16Cl2N4OS2/c1-10(17(25)21-13-5-2-4-12(19)15(13)20)27-18-23-22-16(14-6-3-9-26-14)24(18)11-7-8-11/h2-6,9-11H,7-8H2,1H3,(H,21,25)/t10-/m0/s1. The molecule has 1 N–H and O–H groups in total. The van der Waals surface area contributed by atoms with E-state index >= 15 is 0 Å². The number of thioether (sulfide) groups is 1. The van der Waals surface area contributed by atoms with Gasteiger partial charge in [-0.25, -0.2) is 0 Å². The molecule has 0 bridgehead atoms. The molecule has 0 aliphatic heterocycles. The maximum absolute atomic E-state index is 12.6. The fraction of sp³-hybridized carbons (Fsp3) is 0.278. The van der Waals surface area contributed by atoms with Gasteiger partial charge in [0.25, 0.3) is 0 Å². The molecule has 1 aromatic carbocycles. The van der Waals surface area contributed by atoms with Crippen LogP contribution < -0.4 is 5.32 Å². The summed E-state index contributed by atoms with van der Waals surface area (Å²) in [7, 11) is 0. The molecule has 2 aromatic heterocycles. The van der Waals surface area contributed by atoms with Gasteiger partial charge in [0.1, 0.15) is 0 Å². The molecule has 0 spiro atoms. The number of hydrogen-bond acceptors (Lipinski definition) is 5. The highest BCUT2D eigenvalue weighted by atomic mass is 35.5. The summed E-state index contributed by atoms with van der Waals surface area (Å²) in [4.78, 5) is 13.7. The summed E-state index contributed by atoms with van der Waals surface area (Å²) in [5.41, 5.74) is 0.504. The van der Waals surface area contributed by atoms with E-state index in [1.807, 2.05) is 24.4 Å². The van der Waals surface area contributed by atoms with Crippen molar-refractivity contribution in [2.24, 2.45) is 0 Å². The van der Waals surface area contributed by atoms with E-state index in [0.717, 1.165) is 28.7 Å². The quantitative estimate of drug-likeness (QED) is 0.496. The largest absolute Gasteiger partial charge is 0.324 e. The van der Waals surface area contributed by atoms with Crippen LogP contribution in [0.4, 0.5) is 5.69 Å². The van der Waals surface area contributed by atoms with Gasteiger partial charge in [-0.1, -0.05) is 47.1 Å². The lowest BCUT2D eigenvalue weighted by atomic mass is 10.3. The number of carbonyl (C=O) groups is 1. The second-order valence-corrected chi connectivity index (χ2v) is 9.28. The Morgan fingerprint density at radius 3 is 2.81 bits per heavy atom. The Hall–Kier alpha value is -1.54. The monoisotopic (exact) mass is 438 g/mol. The molecule has 1 aliphatic rings. The Morgan fingerprint density at radius 2 is 2.11 bits per heavy atom. The first kappa shape index (κ1) is 18.8. The van der Waals surface area contributed by atoms with Gasteiger partial charge in [-0.3, -0.25) is 9.36 Å². The number of thiophene rings is 1. The fourth-order valence-electron chi connectivity index (χ4n) is 2.64. The van der Waals surface area contributed by atoms with Crippen LogP contribution in [0.1, 0.15) is 25.8 Å². The molecule has 0 unspecified atom stereocenters. The first-order valence-electron chi connectivity index (χ1n) is 8.45. The zero-order valence-electron chi connectivity index (χ0n) is 14.4. The number of hydrogen-bond donors (Lipinski definition) is 1. The summed E-state index contributed by atoms with van der Waals surface area (Å²) in [6.07, 6.45) is 2.23. The Labute approximate surface area is 175 Å². The average Bonchev–Trinajstić information content (AvgIpc) is 3.17. The van der Waals surface area contributed by atoms with E-state index in [-0.39, 0.29) is 11.2 Å². The molecule has 0 radical (unpaired) electrons. The highest BCUT2D eigenvalue weighted by Crippen LogP contribution is 2.42. The van der Waals surface area contributed by atoms with Crippen LogP contribution in [0.3, 0.4) is 0 Å². The smallest absolute Gasteiger partial charge is 0.237 e.